The van der Waals surface area contributed by atoms with Crippen molar-refractivity contribution in [1.82, 2.24) is 20.1 Å². The van der Waals surface area contributed by atoms with Crippen molar-refractivity contribution in [2.45, 2.75) is 25.8 Å². The zero-order valence-electron chi connectivity index (χ0n) is 17.3. The lowest BCUT2D eigenvalue weighted by Gasteiger charge is -2.26. The van der Waals surface area contributed by atoms with Gasteiger partial charge in [-0.15, -0.1) is 0 Å². The van der Waals surface area contributed by atoms with E-state index < -0.39 is 0 Å². The van der Waals surface area contributed by atoms with E-state index in [0.717, 1.165) is 47.4 Å². The molecule has 2 N–H and O–H groups in total. The summed E-state index contributed by atoms with van der Waals surface area (Å²) in [6, 6.07) is 17.6. The Morgan fingerprint density at radius 3 is 2.65 bits per heavy atom. The van der Waals surface area contributed by atoms with Crippen LogP contribution in [-0.2, 0) is 6.54 Å². The highest BCUT2D eigenvalue weighted by Crippen LogP contribution is 2.26. The molecule has 3 heterocycles. The highest BCUT2D eigenvalue weighted by Gasteiger charge is 2.16. The van der Waals surface area contributed by atoms with Gasteiger partial charge >= 0.3 is 0 Å². The van der Waals surface area contributed by atoms with Gasteiger partial charge in [0, 0.05) is 35.6 Å². The van der Waals surface area contributed by atoms with Crippen LogP contribution in [0.4, 0.5) is 5.69 Å². The summed E-state index contributed by atoms with van der Waals surface area (Å²) in [7, 11) is 0. The molecule has 31 heavy (non-hydrogen) atoms. The summed E-state index contributed by atoms with van der Waals surface area (Å²) in [5.41, 5.74) is 5.25. The zero-order valence-corrected chi connectivity index (χ0v) is 17.3. The van der Waals surface area contributed by atoms with Crippen molar-refractivity contribution >= 4 is 22.5 Å². The molecule has 0 aliphatic carbocycles. The summed E-state index contributed by atoms with van der Waals surface area (Å²) < 4.78 is 0. The Balaban J connectivity index is 1.41. The van der Waals surface area contributed by atoms with E-state index in [1.807, 2.05) is 60.9 Å². The molecule has 156 valence electrons. The van der Waals surface area contributed by atoms with Crippen LogP contribution in [0.25, 0.3) is 22.0 Å². The molecular formula is C25H25N5O. The van der Waals surface area contributed by atoms with Crippen LogP contribution in [0.5, 0.6) is 0 Å². The number of carbonyl (C=O) groups is 1. The largest absolute Gasteiger partial charge is 0.321 e. The summed E-state index contributed by atoms with van der Waals surface area (Å²) in [5, 5.41) is 10.9. The van der Waals surface area contributed by atoms with Crippen molar-refractivity contribution in [2.75, 3.05) is 18.4 Å². The molecule has 4 aromatic rings. The smallest absolute Gasteiger partial charge is 0.276 e. The van der Waals surface area contributed by atoms with Crippen molar-refractivity contribution in [3.63, 3.8) is 0 Å². The number of pyridine rings is 1. The van der Waals surface area contributed by atoms with Gasteiger partial charge in [0.2, 0.25) is 0 Å². The molecule has 1 fully saturated rings. The second-order valence-electron chi connectivity index (χ2n) is 8.07. The minimum atomic E-state index is -0.230. The molecule has 1 aliphatic rings. The van der Waals surface area contributed by atoms with Gasteiger partial charge in [-0.1, -0.05) is 30.7 Å². The summed E-state index contributed by atoms with van der Waals surface area (Å²) >= 11 is 0. The molecule has 0 bridgehead atoms. The second-order valence-corrected chi connectivity index (χ2v) is 8.07. The van der Waals surface area contributed by atoms with Crippen LogP contribution in [0.3, 0.4) is 0 Å². The fourth-order valence-corrected chi connectivity index (χ4v) is 4.19. The number of piperidine rings is 1. The van der Waals surface area contributed by atoms with E-state index in [2.05, 4.69) is 31.5 Å². The summed E-state index contributed by atoms with van der Waals surface area (Å²) in [5.74, 6) is -0.230. The Kier molecular flexibility index (Phi) is 5.46. The molecular weight excluding hydrogens is 386 g/mol. The number of para-hydroxylation sites is 1. The minimum Gasteiger partial charge on any atom is -0.321 e. The number of nitrogens with zero attached hydrogens (tertiary/aromatic N) is 3. The quantitative estimate of drug-likeness (QED) is 0.492. The number of benzene rings is 2. The normalized spacial score (nSPS) is 14.6. The van der Waals surface area contributed by atoms with Crippen LogP contribution in [0.15, 0.2) is 67.0 Å². The molecule has 0 saturated carbocycles. The first-order valence-electron chi connectivity index (χ1n) is 10.8. The summed E-state index contributed by atoms with van der Waals surface area (Å²) in [6.07, 6.45) is 7.72. The Bertz CT molecular complexity index is 1200. The molecule has 1 aliphatic heterocycles. The number of amides is 1. The van der Waals surface area contributed by atoms with E-state index in [1.54, 1.807) is 0 Å². The lowest BCUT2D eigenvalue weighted by atomic mass is 10.0. The van der Waals surface area contributed by atoms with Crippen molar-refractivity contribution in [2.24, 2.45) is 0 Å². The van der Waals surface area contributed by atoms with E-state index in [9.17, 15) is 4.79 Å². The van der Waals surface area contributed by atoms with E-state index in [0.29, 0.717) is 5.69 Å². The standard InChI is InChI=1S/C25H25N5O/c31-25(27-21-7-3-1-4-8-21)24-22-14-19(9-10-23(22)28-29-24)20-13-18(15-26-16-20)17-30-11-5-2-6-12-30/h1,3-4,7-10,13-16H,2,5-6,11-12,17H2,(H,27,31)(H,28,29). The molecule has 6 heteroatoms. The van der Waals surface area contributed by atoms with Crippen LogP contribution >= 0.6 is 0 Å². The number of hydrogen-bond donors (Lipinski definition) is 2. The number of aromatic amines is 1. The summed E-state index contributed by atoms with van der Waals surface area (Å²) in [6.45, 7) is 3.25. The lowest BCUT2D eigenvalue weighted by Crippen LogP contribution is -2.29. The van der Waals surface area contributed by atoms with Gasteiger partial charge in [0.05, 0.1) is 5.52 Å². The van der Waals surface area contributed by atoms with Gasteiger partial charge in [-0.25, -0.2) is 0 Å². The van der Waals surface area contributed by atoms with Crippen molar-refractivity contribution < 1.29 is 4.79 Å². The SMILES string of the molecule is O=C(Nc1ccccc1)c1n[nH]c2ccc(-c3cncc(CN4CCCCC4)c3)cc12. The molecule has 0 unspecified atom stereocenters. The first kappa shape index (κ1) is 19.5. The molecule has 6 nitrogen and oxygen atoms in total. The summed E-state index contributed by atoms with van der Waals surface area (Å²) in [4.78, 5) is 19.8. The van der Waals surface area contributed by atoms with Gasteiger partial charge in [-0.3, -0.25) is 19.8 Å². The predicted octanol–water partition coefficient (Wildman–Crippen LogP) is 4.86. The topological polar surface area (TPSA) is 73.9 Å². The molecule has 1 saturated heterocycles. The maximum Gasteiger partial charge on any atom is 0.276 e. The molecule has 1 amide bonds. The van der Waals surface area contributed by atoms with E-state index >= 15 is 0 Å². The molecule has 0 spiro atoms. The predicted molar refractivity (Wildman–Crippen MR) is 123 cm³/mol. The van der Waals surface area contributed by atoms with Crippen LogP contribution in [0.1, 0.15) is 35.3 Å². The van der Waals surface area contributed by atoms with Gasteiger partial charge in [0.25, 0.3) is 5.91 Å². The number of carbonyl (C=O) groups excluding carboxylic acids is 1. The molecule has 2 aromatic carbocycles. The van der Waals surface area contributed by atoms with Gasteiger partial charge in [0.1, 0.15) is 0 Å². The van der Waals surface area contributed by atoms with E-state index in [1.165, 1.54) is 24.8 Å². The van der Waals surface area contributed by atoms with Crippen LogP contribution in [0.2, 0.25) is 0 Å². The Morgan fingerprint density at radius 2 is 1.81 bits per heavy atom. The fraction of sp³-hybridized carbons (Fsp3) is 0.240. The Labute approximate surface area is 181 Å². The third-order valence-corrected chi connectivity index (χ3v) is 5.79. The molecule has 5 rings (SSSR count). The van der Waals surface area contributed by atoms with Gasteiger partial charge in [-0.05, 0) is 67.4 Å². The Morgan fingerprint density at radius 1 is 0.968 bits per heavy atom. The first-order chi connectivity index (χ1) is 15.3. The van der Waals surface area contributed by atoms with Crippen molar-refractivity contribution in [3.05, 3.63) is 78.2 Å². The van der Waals surface area contributed by atoms with E-state index in [-0.39, 0.29) is 5.91 Å². The average molecular weight is 412 g/mol. The number of hydrogen-bond acceptors (Lipinski definition) is 4. The van der Waals surface area contributed by atoms with E-state index in [4.69, 9.17) is 0 Å². The van der Waals surface area contributed by atoms with Gasteiger partial charge in [-0.2, -0.15) is 5.10 Å². The number of fused-ring (bicyclic) bond motifs is 1. The number of rotatable bonds is 5. The van der Waals surface area contributed by atoms with Crippen LogP contribution in [0, 0.1) is 0 Å². The third kappa shape index (κ3) is 4.34. The number of H-pyrrole nitrogens is 1. The maximum absolute atomic E-state index is 12.8. The average Bonchev–Trinajstić information content (AvgIpc) is 3.24. The number of nitrogens with one attached hydrogen (secondary N) is 2. The lowest BCUT2D eigenvalue weighted by molar-refractivity contribution is 0.102. The number of likely N-dealkylation sites (tertiary alicyclic amines) is 1. The molecule has 0 radical (unpaired) electrons. The Hall–Kier alpha value is -3.51. The van der Waals surface area contributed by atoms with Gasteiger partial charge in [0.15, 0.2) is 5.69 Å². The highest BCUT2D eigenvalue weighted by molar-refractivity contribution is 6.11. The number of anilines is 1. The monoisotopic (exact) mass is 411 g/mol. The first-order valence-corrected chi connectivity index (χ1v) is 10.8. The van der Waals surface area contributed by atoms with Crippen LogP contribution < -0.4 is 5.32 Å². The number of aromatic nitrogens is 3. The maximum atomic E-state index is 12.8. The zero-order chi connectivity index (χ0) is 21.0. The fourth-order valence-electron chi connectivity index (χ4n) is 4.19. The molecule has 2 aromatic heterocycles. The highest BCUT2D eigenvalue weighted by atomic mass is 16.1. The van der Waals surface area contributed by atoms with Crippen LogP contribution in [-0.4, -0.2) is 39.1 Å². The third-order valence-electron chi connectivity index (χ3n) is 5.79. The van der Waals surface area contributed by atoms with Gasteiger partial charge < -0.3 is 5.32 Å². The molecule has 0 atom stereocenters. The second kappa shape index (κ2) is 8.70. The minimum absolute atomic E-state index is 0.230. The van der Waals surface area contributed by atoms with Crippen molar-refractivity contribution in [1.29, 1.82) is 0 Å². The van der Waals surface area contributed by atoms with Crippen molar-refractivity contribution in [3.8, 4) is 11.1 Å².